The maximum Gasteiger partial charge on any atom is 0.416 e. The van der Waals surface area contributed by atoms with Crippen LogP contribution in [0.25, 0.3) is 0 Å². The summed E-state index contributed by atoms with van der Waals surface area (Å²) in [6, 6.07) is 1.88. The number of nitrogens with one attached hydrogen (secondary N) is 1. The molecule has 1 amide bonds. The molecule has 0 fully saturated rings. The highest BCUT2D eigenvalue weighted by atomic mass is 35.5. The Hall–Kier alpha value is -1.83. The standard InChI is InChI=1S/C11H10ClF3N2O3/c1-6(5-12)10(18)16-8-3-2-7(11(13,14)15)4-9(8)17(19)20/h2-4,6H,5H2,1H3,(H,16,18). The highest BCUT2D eigenvalue weighted by Crippen LogP contribution is 2.35. The zero-order valence-electron chi connectivity index (χ0n) is 10.2. The molecule has 0 aliphatic heterocycles. The summed E-state index contributed by atoms with van der Waals surface area (Å²) in [6.07, 6.45) is -4.70. The van der Waals surface area contributed by atoms with E-state index in [1.54, 1.807) is 0 Å². The van der Waals surface area contributed by atoms with Crippen molar-refractivity contribution in [3.8, 4) is 0 Å². The fourth-order valence-electron chi connectivity index (χ4n) is 1.29. The average molecular weight is 311 g/mol. The van der Waals surface area contributed by atoms with Gasteiger partial charge < -0.3 is 5.32 Å². The van der Waals surface area contributed by atoms with Gasteiger partial charge >= 0.3 is 6.18 Å². The van der Waals surface area contributed by atoms with Gasteiger partial charge in [0.05, 0.1) is 10.5 Å². The van der Waals surface area contributed by atoms with Crippen LogP contribution >= 0.6 is 11.6 Å². The number of rotatable bonds is 4. The molecule has 20 heavy (non-hydrogen) atoms. The first kappa shape index (κ1) is 16.2. The van der Waals surface area contributed by atoms with Gasteiger partial charge in [-0.05, 0) is 12.1 Å². The highest BCUT2D eigenvalue weighted by molar-refractivity contribution is 6.19. The van der Waals surface area contributed by atoms with Gasteiger partial charge in [-0.2, -0.15) is 13.2 Å². The van der Waals surface area contributed by atoms with Crippen molar-refractivity contribution in [2.75, 3.05) is 11.2 Å². The van der Waals surface area contributed by atoms with Crippen molar-refractivity contribution < 1.29 is 22.9 Å². The first-order valence-electron chi connectivity index (χ1n) is 5.39. The monoisotopic (exact) mass is 310 g/mol. The maximum atomic E-state index is 12.5. The number of carbonyl (C=O) groups is 1. The summed E-state index contributed by atoms with van der Waals surface area (Å²) in [7, 11) is 0. The summed E-state index contributed by atoms with van der Waals surface area (Å²) in [6.45, 7) is 1.48. The maximum absolute atomic E-state index is 12.5. The molecule has 9 heteroatoms. The third-order valence-electron chi connectivity index (χ3n) is 2.46. The van der Waals surface area contributed by atoms with E-state index in [9.17, 15) is 28.1 Å². The lowest BCUT2D eigenvalue weighted by Crippen LogP contribution is -2.22. The molecule has 1 atom stereocenters. The molecule has 0 aromatic heterocycles. The number of amides is 1. The molecule has 0 aliphatic rings. The molecule has 0 aliphatic carbocycles. The largest absolute Gasteiger partial charge is 0.416 e. The van der Waals surface area contributed by atoms with E-state index in [4.69, 9.17) is 11.6 Å². The van der Waals surface area contributed by atoms with Crippen molar-refractivity contribution in [1.29, 1.82) is 0 Å². The van der Waals surface area contributed by atoms with Crippen LogP contribution in [0.1, 0.15) is 12.5 Å². The quantitative estimate of drug-likeness (QED) is 0.526. The Balaban J connectivity index is 3.15. The van der Waals surface area contributed by atoms with Crippen molar-refractivity contribution in [1.82, 2.24) is 0 Å². The molecule has 110 valence electrons. The van der Waals surface area contributed by atoms with E-state index in [1.165, 1.54) is 6.92 Å². The van der Waals surface area contributed by atoms with Crippen LogP contribution in [0.4, 0.5) is 24.5 Å². The number of nitro benzene ring substituents is 1. The molecular weight excluding hydrogens is 301 g/mol. The van der Waals surface area contributed by atoms with Crippen LogP contribution in [0.5, 0.6) is 0 Å². The van der Waals surface area contributed by atoms with Crippen molar-refractivity contribution in [3.05, 3.63) is 33.9 Å². The van der Waals surface area contributed by atoms with Crippen LogP contribution in [0.2, 0.25) is 0 Å². The number of benzene rings is 1. The van der Waals surface area contributed by atoms with Crippen LogP contribution in [-0.2, 0) is 11.0 Å². The molecule has 5 nitrogen and oxygen atoms in total. The number of carbonyl (C=O) groups excluding carboxylic acids is 1. The number of nitrogens with zero attached hydrogens (tertiary/aromatic N) is 1. The summed E-state index contributed by atoms with van der Waals surface area (Å²) in [5.74, 6) is -1.25. The van der Waals surface area contributed by atoms with Gasteiger partial charge in [-0.15, -0.1) is 11.6 Å². The lowest BCUT2D eigenvalue weighted by molar-refractivity contribution is -0.384. The van der Waals surface area contributed by atoms with Gasteiger partial charge in [0.15, 0.2) is 0 Å². The second kappa shape index (κ2) is 6.08. The molecular formula is C11H10ClF3N2O3. The van der Waals surface area contributed by atoms with Gasteiger partial charge in [-0.3, -0.25) is 14.9 Å². The molecule has 1 N–H and O–H groups in total. The molecule has 0 bridgehead atoms. The molecule has 0 radical (unpaired) electrons. The minimum Gasteiger partial charge on any atom is -0.320 e. The van der Waals surface area contributed by atoms with Gasteiger partial charge in [-0.25, -0.2) is 0 Å². The fraction of sp³-hybridized carbons (Fsp3) is 0.364. The number of halogens is 4. The van der Waals surface area contributed by atoms with E-state index < -0.39 is 34.2 Å². The average Bonchev–Trinajstić information content (AvgIpc) is 2.36. The Kier molecular flexibility index (Phi) is 4.93. The van der Waals surface area contributed by atoms with Crippen LogP contribution in [-0.4, -0.2) is 16.7 Å². The molecule has 1 aromatic carbocycles. The van der Waals surface area contributed by atoms with E-state index in [1.807, 2.05) is 0 Å². The number of nitro groups is 1. The molecule has 0 saturated heterocycles. The van der Waals surface area contributed by atoms with Gasteiger partial charge in [0.1, 0.15) is 5.69 Å². The Morgan fingerprint density at radius 2 is 2.10 bits per heavy atom. The topological polar surface area (TPSA) is 72.2 Å². The Labute approximate surface area is 116 Å². The highest BCUT2D eigenvalue weighted by Gasteiger charge is 2.33. The van der Waals surface area contributed by atoms with Crippen LogP contribution < -0.4 is 5.32 Å². The Bertz CT molecular complexity index is 534. The number of alkyl halides is 4. The van der Waals surface area contributed by atoms with Crippen LogP contribution in [0, 0.1) is 16.0 Å². The first-order chi connectivity index (χ1) is 9.16. The smallest absolute Gasteiger partial charge is 0.320 e. The third-order valence-corrected chi connectivity index (χ3v) is 2.92. The molecule has 0 spiro atoms. The predicted molar refractivity (Wildman–Crippen MR) is 66.6 cm³/mol. The van der Waals surface area contributed by atoms with E-state index in [0.717, 1.165) is 6.07 Å². The second-order valence-electron chi connectivity index (χ2n) is 4.03. The summed E-state index contributed by atoms with van der Waals surface area (Å²) in [5, 5.41) is 13.0. The lowest BCUT2D eigenvalue weighted by Gasteiger charge is -2.11. The number of hydrogen-bond acceptors (Lipinski definition) is 3. The third kappa shape index (κ3) is 3.83. The molecule has 1 aromatic rings. The number of hydrogen-bond donors (Lipinski definition) is 1. The first-order valence-corrected chi connectivity index (χ1v) is 5.92. The lowest BCUT2D eigenvalue weighted by atomic mass is 10.1. The minimum atomic E-state index is -4.70. The van der Waals surface area contributed by atoms with E-state index in [-0.39, 0.29) is 11.6 Å². The van der Waals surface area contributed by atoms with Crippen LogP contribution in [0.3, 0.4) is 0 Å². The Morgan fingerprint density at radius 1 is 1.50 bits per heavy atom. The summed E-state index contributed by atoms with van der Waals surface area (Å²) in [4.78, 5) is 21.4. The van der Waals surface area contributed by atoms with Gasteiger partial charge in [0.2, 0.25) is 5.91 Å². The van der Waals surface area contributed by atoms with E-state index >= 15 is 0 Å². The molecule has 0 saturated carbocycles. The van der Waals surface area contributed by atoms with Crippen molar-refractivity contribution in [2.24, 2.45) is 5.92 Å². The summed E-state index contributed by atoms with van der Waals surface area (Å²) in [5.41, 5.74) is -2.28. The predicted octanol–water partition coefficient (Wildman–Crippen LogP) is 3.43. The minimum absolute atomic E-state index is 0.0136. The van der Waals surface area contributed by atoms with Gasteiger partial charge in [0.25, 0.3) is 5.69 Å². The zero-order chi connectivity index (χ0) is 15.5. The second-order valence-corrected chi connectivity index (χ2v) is 4.34. The molecule has 1 unspecified atom stereocenters. The Morgan fingerprint density at radius 3 is 2.55 bits per heavy atom. The summed E-state index contributed by atoms with van der Waals surface area (Å²) < 4.78 is 37.4. The van der Waals surface area contributed by atoms with Gasteiger partial charge in [0, 0.05) is 17.9 Å². The summed E-state index contributed by atoms with van der Waals surface area (Å²) >= 11 is 5.46. The molecule has 0 heterocycles. The normalized spacial score (nSPS) is 12.8. The fourth-order valence-corrected chi connectivity index (χ4v) is 1.43. The number of anilines is 1. The van der Waals surface area contributed by atoms with Gasteiger partial charge in [-0.1, -0.05) is 6.92 Å². The van der Waals surface area contributed by atoms with E-state index in [2.05, 4.69) is 5.32 Å². The van der Waals surface area contributed by atoms with Crippen molar-refractivity contribution in [3.63, 3.8) is 0 Å². The van der Waals surface area contributed by atoms with E-state index in [0.29, 0.717) is 12.1 Å². The van der Waals surface area contributed by atoms with Crippen LogP contribution in [0.15, 0.2) is 18.2 Å². The zero-order valence-corrected chi connectivity index (χ0v) is 11.0. The van der Waals surface area contributed by atoms with Crippen molar-refractivity contribution >= 4 is 28.9 Å². The SMILES string of the molecule is CC(CCl)C(=O)Nc1ccc(C(F)(F)F)cc1[N+](=O)[O-]. The van der Waals surface area contributed by atoms with Crippen molar-refractivity contribution in [2.45, 2.75) is 13.1 Å². The molecule has 1 rings (SSSR count).